The minimum Gasteiger partial charge on any atom is -0.337 e. The molecule has 1 heterocycles. The van der Waals surface area contributed by atoms with Crippen molar-refractivity contribution in [3.8, 4) is 11.1 Å². The first-order chi connectivity index (χ1) is 11.0. The van der Waals surface area contributed by atoms with Gasteiger partial charge in [0.25, 0.3) is 10.0 Å². The molecule has 0 saturated heterocycles. The van der Waals surface area contributed by atoms with E-state index < -0.39 is 10.0 Å². The van der Waals surface area contributed by atoms with Crippen molar-refractivity contribution in [1.82, 2.24) is 5.16 Å². The molecule has 118 valence electrons. The van der Waals surface area contributed by atoms with E-state index in [0.29, 0.717) is 5.56 Å². The minimum atomic E-state index is -3.88. The van der Waals surface area contributed by atoms with Crippen LogP contribution in [0.2, 0.25) is 10.0 Å². The van der Waals surface area contributed by atoms with Gasteiger partial charge in [0.15, 0.2) is 0 Å². The van der Waals surface area contributed by atoms with E-state index in [1.807, 2.05) is 30.3 Å². The first-order valence-corrected chi connectivity index (χ1v) is 8.69. The molecule has 0 aliphatic carbocycles. The Morgan fingerprint density at radius 3 is 2.43 bits per heavy atom. The van der Waals surface area contributed by atoms with Gasteiger partial charge in [0.05, 0.1) is 26.7 Å². The summed E-state index contributed by atoms with van der Waals surface area (Å²) < 4.78 is 32.3. The third-order valence-corrected chi connectivity index (χ3v) is 5.15. The maximum absolute atomic E-state index is 12.4. The van der Waals surface area contributed by atoms with Crippen LogP contribution in [0.25, 0.3) is 11.1 Å². The number of nitrogens with one attached hydrogen (secondary N) is 1. The summed E-state index contributed by atoms with van der Waals surface area (Å²) in [6, 6.07) is 13.2. The molecular weight excluding hydrogens is 359 g/mol. The number of anilines is 1. The van der Waals surface area contributed by atoms with Crippen LogP contribution in [0.4, 0.5) is 5.88 Å². The number of benzene rings is 2. The predicted molar refractivity (Wildman–Crippen MR) is 89.2 cm³/mol. The molecule has 3 aromatic rings. The predicted octanol–water partition coefficient (Wildman–Crippen LogP) is 4.45. The molecule has 0 aliphatic rings. The zero-order chi connectivity index (χ0) is 16.4. The van der Waals surface area contributed by atoms with Gasteiger partial charge < -0.3 is 4.52 Å². The van der Waals surface area contributed by atoms with E-state index in [-0.39, 0.29) is 20.8 Å². The average Bonchev–Trinajstić information content (AvgIpc) is 2.98. The largest absolute Gasteiger partial charge is 0.337 e. The second kappa shape index (κ2) is 6.23. The van der Waals surface area contributed by atoms with Crippen LogP contribution in [0.1, 0.15) is 0 Å². The Labute approximate surface area is 142 Å². The lowest BCUT2D eigenvalue weighted by Gasteiger charge is -2.07. The lowest BCUT2D eigenvalue weighted by atomic mass is 10.1. The standard InChI is InChI=1S/C15H10Cl2N2O3S/c16-13-7-6-11(8-14(13)17)23(20,21)19-15-12(9-18-22-15)10-4-2-1-3-5-10/h1-9,19H. The van der Waals surface area contributed by atoms with Crippen molar-refractivity contribution in [2.24, 2.45) is 0 Å². The van der Waals surface area contributed by atoms with Crippen molar-refractivity contribution in [2.45, 2.75) is 4.90 Å². The van der Waals surface area contributed by atoms with Gasteiger partial charge in [-0.05, 0) is 23.8 Å². The molecular formula is C15H10Cl2N2O3S. The maximum Gasteiger partial charge on any atom is 0.264 e. The molecule has 0 aliphatic heterocycles. The van der Waals surface area contributed by atoms with Gasteiger partial charge in [-0.1, -0.05) is 58.7 Å². The van der Waals surface area contributed by atoms with Crippen LogP contribution in [0.3, 0.4) is 0 Å². The highest BCUT2D eigenvalue weighted by Crippen LogP contribution is 2.30. The highest BCUT2D eigenvalue weighted by Gasteiger charge is 2.20. The smallest absolute Gasteiger partial charge is 0.264 e. The molecule has 0 atom stereocenters. The first-order valence-electron chi connectivity index (χ1n) is 6.45. The number of hydrogen-bond acceptors (Lipinski definition) is 4. The van der Waals surface area contributed by atoms with Gasteiger partial charge in [0, 0.05) is 0 Å². The van der Waals surface area contributed by atoms with E-state index in [1.165, 1.54) is 24.4 Å². The van der Waals surface area contributed by atoms with Crippen LogP contribution in [0.5, 0.6) is 0 Å². The molecule has 5 nitrogen and oxygen atoms in total. The first kappa shape index (κ1) is 15.9. The van der Waals surface area contributed by atoms with Crippen molar-refractivity contribution in [3.63, 3.8) is 0 Å². The van der Waals surface area contributed by atoms with E-state index in [1.54, 1.807) is 0 Å². The molecule has 0 saturated carbocycles. The lowest BCUT2D eigenvalue weighted by Crippen LogP contribution is -2.13. The second-order valence-corrected chi connectivity index (χ2v) is 7.11. The number of nitrogens with zero attached hydrogens (tertiary/aromatic N) is 1. The molecule has 2 aromatic carbocycles. The van der Waals surface area contributed by atoms with Crippen molar-refractivity contribution in [3.05, 3.63) is 64.8 Å². The van der Waals surface area contributed by atoms with E-state index in [0.717, 1.165) is 5.56 Å². The summed E-state index contributed by atoms with van der Waals surface area (Å²) in [5.41, 5.74) is 1.31. The summed E-state index contributed by atoms with van der Waals surface area (Å²) >= 11 is 11.7. The number of hydrogen-bond donors (Lipinski definition) is 1. The monoisotopic (exact) mass is 368 g/mol. The second-order valence-electron chi connectivity index (χ2n) is 4.62. The van der Waals surface area contributed by atoms with Gasteiger partial charge in [-0.25, -0.2) is 13.1 Å². The normalized spacial score (nSPS) is 11.4. The van der Waals surface area contributed by atoms with Gasteiger partial charge in [-0.2, -0.15) is 0 Å². The SMILES string of the molecule is O=S(=O)(Nc1oncc1-c1ccccc1)c1ccc(Cl)c(Cl)c1. The Kier molecular flexibility index (Phi) is 4.30. The van der Waals surface area contributed by atoms with E-state index in [4.69, 9.17) is 27.7 Å². The highest BCUT2D eigenvalue weighted by molar-refractivity contribution is 7.92. The molecule has 0 unspecified atom stereocenters. The van der Waals surface area contributed by atoms with Gasteiger partial charge in [-0.3, -0.25) is 0 Å². The summed E-state index contributed by atoms with van der Waals surface area (Å²) in [6.45, 7) is 0. The average molecular weight is 369 g/mol. The summed E-state index contributed by atoms with van der Waals surface area (Å²) in [6.07, 6.45) is 1.45. The van der Waals surface area contributed by atoms with Crippen LogP contribution < -0.4 is 4.72 Å². The third-order valence-electron chi connectivity index (χ3n) is 3.08. The number of rotatable bonds is 4. The van der Waals surface area contributed by atoms with Crippen molar-refractivity contribution < 1.29 is 12.9 Å². The molecule has 1 N–H and O–H groups in total. The Hall–Kier alpha value is -2.02. The van der Waals surface area contributed by atoms with Crippen molar-refractivity contribution >= 4 is 39.1 Å². The quantitative estimate of drug-likeness (QED) is 0.738. The molecule has 0 radical (unpaired) electrons. The Balaban J connectivity index is 1.96. The third kappa shape index (κ3) is 3.34. The molecule has 0 spiro atoms. The number of sulfonamides is 1. The van der Waals surface area contributed by atoms with Gasteiger partial charge >= 0.3 is 0 Å². The number of aromatic nitrogens is 1. The van der Waals surface area contributed by atoms with Gasteiger partial charge in [-0.15, -0.1) is 0 Å². The highest BCUT2D eigenvalue weighted by atomic mass is 35.5. The van der Waals surface area contributed by atoms with E-state index >= 15 is 0 Å². The Morgan fingerprint density at radius 1 is 1.00 bits per heavy atom. The number of halogens is 2. The summed E-state index contributed by atoms with van der Waals surface area (Å²) in [4.78, 5) is -0.0256. The molecule has 3 rings (SSSR count). The lowest BCUT2D eigenvalue weighted by molar-refractivity contribution is 0.435. The van der Waals surface area contributed by atoms with Gasteiger partial charge in [0.1, 0.15) is 0 Å². The van der Waals surface area contributed by atoms with E-state index in [2.05, 4.69) is 9.88 Å². The Bertz CT molecular complexity index is 940. The Morgan fingerprint density at radius 2 is 1.74 bits per heavy atom. The summed E-state index contributed by atoms with van der Waals surface area (Å²) in [7, 11) is -3.88. The van der Waals surface area contributed by atoms with Crippen molar-refractivity contribution in [2.75, 3.05) is 4.72 Å². The zero-order valence-electron chi connectivity index (χ0n) is 11.5. The topological polar surface area (TPSA) is 72.2 Å². The van der Waals surface area contributed by atoms with Crippen molar-refractivity contribution in [1.29, 1.82) is 0 Å². The zero-order valence-corrected chi connectivity index (χ0v) is 13.9. The molecule has 0 fully saturated rings. The van der Waals surface area contributed by atoms with Crippen LogP contribution in [-0.4, -0.2) is 13.6 Å². The molecule has 23 heavy (non-hydrogen) atoms. The van der Waals surface area contributed by atoms with Crippen LogP contribution in [0.15, 0.2) is 64.1 Å². The summed E-state index contributed by atoms with van der Waals surface area (Å²) in [5, 5.41) is 4.08. The van der Waals surface area contributed by atoms with Crippen LogP contribution >= 0.6 is 23.2 Å². The maximum atomic E-state index is 12.4. The van der Waals surface area contributed by atoms with Crippen LogP contribution in [-0.2, 0) is 10.0 Å². The molecule has 0 bridgehead atoms. The molecule has 1 aromatic heterocycles. The summed E-state index contributed by atoms with van der Waals surface area (Å²) in [5.74, 6) is 0.0299. The fraction of sp³-hybridized carbons (Fsp3) is 0. The van der Waals surface area contributed by atoms with E-state index in [9.17, 15) is 8.42 Å². The van der Waals surface area contributed by atoms with Gasteiger partial charge in [0.2, 0.25) is 5.88 Å². The fourth-order valence-corrected chi connectivity index (χ4v) is 3.35. The fourth-order valence-electron chi connectivity index (χ4n) is 1.96. The molecule has 0 amide bonds. The molecule has 8 heteroatoms. The van der Waals surface area contributed by atoms with Crippen LogP contribution in [0, 0.1) is 0 Å². The minimum absolute atomic E-state index is 0.0256.